The predicted molar refractivity (Wildman–Crippen MR) is 92.5 cm³/mol. The Morgan fingerprint density at radius 1 is 1.30 bits per heavy atom. The number of carbonyl (C=O) groups excluding carboxylic acids is 1. The minimum atomic E-state index is -0.462. The monoisotopic (exact) mass is 324 g/mol. The first-order valence-corrected chi connectivity index (χ1v) is 8.16. The summed E-state index contributed by atoms with van der Waals surface area (Å²) in [6, 6.07) is 10.0. The molecule has 1 atom stereocenters. The normalized spacial score (nSPS) is 17.3. The van der Waals surface area contributed by atoms with Crippen LogP contribution >= 0.6 is 11.3 Å². The van der Waals surface area contributed by atoms with Crippen LogP contribution in [-0.4, -0.2) is 23.8 Å². The third-order valence-electron chi connectivity index (χ3n) is 3.55. The first kappa shape index (κ1) is 15.4. The van der Waals surface area contributed by atoms with Crippen molar-refractivity contribution in [3.05, 3.63) is 71.4 Å². The molecule has 1 aliphatic carbocycles. The Bertz CT molecular complexity index is 775. The maximum atomic E-state index is 11.8. The summed E-state index contributed by atoms with van der Waals surface area (Å²) >= 11 is 1.34. The highest BCUT2D eigenvalue weighted by Crippen LogP contribution is 2.28. The molecule has 3 rings (SSSR count). The number of esters is 1. The van der Waals surface area contributed by atoms with Gasteiger partial charge in [0.15, 0.2) is 10.7 Å². The van der Waals surface area contributed by atoms with Crippen LogP contribution in [0.1, 0.15) is 22.5 Å². The molecule has 0 saturated heterocycles. The summed E-state index contributed by atoms with van der Waals surface area (Å²) in [6.45, 7) is 0. The molecule has 0 N–H and O–H groups in total. The van der Waals surface area contributed by atoms with E-state index in [0.717, 1.165) is 17.7 Å². The highest BCUT2D eigenvalue weighted by Gasteiger charge is 2.20. The standard InChI is InChI=1S/C18H16N2O2S/c1-22-18(21)16-17(23-12-19-16)20-15(13-8-4-2-5-9-13)14-10-6-3-7-11-14/h2-10,12,14H,11H2,1H3/b20-15-. The Labute approximate surface area is 138 Å². The molecule has 4 nitrogen and oxygen atoms in total. The molecule has 0 aliphatic heterocycles. The number of benzene rings is 1. The quantitative estimate of drug-likeness (QED) is 0.626. The lowest BCUT2D eigenvalue weighted by Crippen LogP contribution is -2.14. The van der Waals surface area contributed by atoms with E-state index in [2.05, 4.69) is 17.1 Å². The molecule has 0 fully saturated rings. The van der Waals surface area contributed by atoms with Crippen molar-refractivity contribution in [2.24, 2.45) is 10.9 Å². The van der Waals surface area contributed by atoms with Crippen molar-refractivity contribution in [3.63, 3.8) is 0 Å². The number of carbonyl (C=O) groups is 1. The van der Waals surface area contributed by atoms with E-state index in [9.17, 15) is 4.79 Å². The van der Waals surface area contributed by atoms with Crippen LogP contribution in [0.25, 0.3) is 0 Å². The van der Waals surface area contributed by atoms with Gasteiger partial charge in [0.05, 0.1) is 18.3 Å². The SMILES string of the molecule is COC(=O)c1ncsc1/N=C(/c1ccccc1)C1C=CC=CC1. The molecule has 0 bridgehead atoms. The van der Waals surface area contributed by atoms with Gasteiger partial charge in [-0.2, -0.15) is 0 Å². The smallest absolute Gasteiger partial charge is 0.359 e. The van der Waals surface area contributed by atoms with E-state index in [1.807, 2.05) is 42.5 Å². The Morgan fingerprint density at radius 3 is 2.83 bits per heavy atom. The van der Waals surface area contributed by atoms with Crippen molar-refractivity contribution in [3.8, 4) is 0 Å². The number of aliphatic imine (C=N–C) groups is 1. The van der Waals surface area contributed by atoms with Crippen LogP contribution in [0.15, 0.2) is 65.1 Å². The molecule has 1 aromatic heterocycles. The number of methoxy groups -OCH3 is 1. The van der Waals surface area contributed by atoms with E-state index in [-0.39, 0.29) is 11.6 Å². The minimum Gasteiger partial charge on any atom is -0.464 e. The van der Waals surface area contributed by atoms with Gasteiger partial charge in [-0.3, -0.25) is 0 Å². The number of allylic oxidation sites excluding steroid dienone is 4. The molecule has 0 spiro atoms. The summed E-state index contributed by atoms with van der Waals surface area (Å²) in [4.78, 5) is 20.7. The van der Waals surface area contributed by atoms with Crippen LogP contribution < -0.4 is 0 Å². The van der Waals surface area contributed by atoms with E-state index in [1.165, 1.54) is 18.4 Å². The van der Waals surface area contributed by atoms with E-state index in [0.29, 0.717) is 5.00 Å². The number of rotatable bonds is 4. The fraction of sp³-hybridized carbons (Fsp3) is 0.167. The van der Waals surface area contributed by atoms with Crippen LogP contribution in [0.2, 0.25) is 0 Å². The Kier molecular flexibility index (Phi) is 4.78. The first-order valence-electron chi connectivity index (χ1n) is 7.28. The van der Waals surface area contributed by atoms with Crippen molar-refractivity contribution in [1.82, 2.24) is 4.98 Å². The molecule has 5 heteroatoms. The van der Waals surface area contributed by atoms with Crippen molar-refractivity contribution in [2.75, 3.05) is 7.11 Å². The molecule has 2 aromatic rings. The summed E-state index contributed by atoms with van der Waals surface area (Å²) < 4.78 is 4.78. The predicted octanol–water partition coefficient (Wildman–Crippen LogP) is 4.18. The van der Waals surface area contributed by atoms with Crippen LogP contribution in [0, 0.1) is 5.92 Å². The maximum absolute atomic E-state index is 11.8. The molecule has 1 aliphatic rings. The lowest BCUT2D eigenvalue weighted by atomic mass is 9.91. The van der Waals surface area contributed by atoms with E-state index in [1.54, 1.807) is 5.51 Å². The second kappa shape index (κ2) is 7.15. The summed E-state index contributed by atoms with van der Waals surface area (Å²) in [6.07, 6.45) is 9.20. The lowest BCUT2D eigenvalue weighted by Gasteiger charge is -2.16. The Balaban J connectivity index is 2.05. The topological polar surface area (TPSA) is 51.5 Å². The van der Waals surface area contributed by atoms with E-state index < -0.39 is 5.97 Å². The zero-order valence-corrected chi connectivity index (χ0v) is 13.5. The van der Waals surface area contributed by atoms with Crippen molar-refractivity contribution in [2.45, 2.75) is 6.42 Å². The zero-order chi connectivity index (χ0) is 16.1. The van der Waals surface area contributed by atoms with Gasteiger partial charge in [0.25, 0.3) is 0 Å². The second-order valence-electron chi connectivity index (χ2n) is 5.02. The molecule has 1 aromatic carbocycles. The number of hydrogen-bond acceptors (Lipinski definition) is 5. The molecular formula is C18H16N2O2S. The van der Waals surface area contributed by atoms with Gasteiger partial charge in [-0.15, -0.1) is 11.3 Å². The average Bonchev–Trinajstić information content (AvgIpc) is 3.09. The summed E-state index contributed by atoms with van der Waals surface area (Å²) in [5.41, 5.74) is 3.85. The van der Waals surface area contributed by atoms with E-state index >= 15 is 0 Å². The molecule has 116 valence electrons. The minimum absolute atomic E-state index is 0.176. The summed E-state index contributed by atoms with van der Waals surface area (Å²) in [7, 11) is 1.35. The first-order chi connectivity index (χ1) is 11.3. The zero-order valence-electron chi connectivity index (χ0n) is 12.7. The number of nitrogens with zero attached hydrogens (tertiary/aromatic N) is 2. The van der Waals surface area contributed by atoms with Gasteiger partial charge in [-0.05, 0) is 12.0 Å². The molecule has 23 heavy (non-hydrogen) atoms. The number of hydrogen-bond donors (Lipinski definition) is 0. The van der Waals surface area contributed by atoms with Crippen LogP contribution in [0.4, 0.5) is 5.00 Å². The lowest BCUT2D eigenvalue weighted by molar-refractivity contribution is 0.0596. The second-order valence-corrected chi connectivity index (χ2v) is 5.85. The van der Waals surface area contributed by atoms with Crippen molar-refractivity contribution >= 4 is 28.0 Å². The molecule has 0 saturated carbocycles. The Morgan fingerprint density at radius 2 is 2.13 bits per heavy atom. The fourth-order valence-electron chi connectivity index (χ4n) is 2.42. The molecule has 0 radical (unpaired) electrons. The highest BCUT2D eigenvalue weighted by molar-refractivity contribution is 7.14. The van der Waals surface area contributed by atoms with Gasteiger partial charge in [0.2, 0.25) is 0 Å². The van der Waals surface area contributed by atoms with Gasteiger partial charge in [0, 0.05) is 5.92 Å². The van der Waals surface area contributed by atoms with Gasteiger partial charge in [-0.1, -0.05) is 54.6 Å². The third kappa shape index (κ3) is 3.46. The number of aromatic nitrogens is 1. The van der Waals surface area contributed by atoms with Crippen LogP contribution in [0.3, 0.4) is 0 Å². The van der Waals surface area contributed by atoms with Crippen molar-refractivity contribution < 1.29 is 9.53 Å². The largest absolute Gasteiger partial charge is 0.464 e. The maximum Gasteiger partial charge on any atom is 0.359 e. The van der Waals surface area contributed by atoms with E-state index in [4.69, 9.17) is 9.73 Å². The third-order valence-corrected chi connectivity index (χ3v) is 4.27. The molecular weight excluding hydrogens is 308 g/mol. The molecule has 1 heterocycles. The highest BCUT2D eigenvalue weighted by atomic mass is 32.1. The molecule has 1 unspecified atom stereocenters. The fourth-order valence-corrected chi connectivity index (χ4v) is 3.08. The average molecular weight is 324 g/mol. The summed E-state index contributed by atoms with van der Waals surface area (Å²) in [5.74, 6) is -0.286. The van der Waals surface area contributed by atoms with Gasteiger partial charge in [0.1, 0.15) is 0 Å². The molecule has 0 amide bonds. The summed E-state index contributed by atoms with van der Waals surface area (Å²) in [5, 5.41) is 0.582. The van der Waals surface area contributed by atoms with Gasteiger partial charge >= 0.3 is 5.97 Å². The van der Waals surface area contributed by atoms with Crippen LogP contribution in [-0.2, 0) is 4.74 Å². The Hall–Kier alpha value is -2.53. The number of thiazole rings is 1. The van der Waals surface area contributed by atoms with Gasteiger partial charge < -0.3 is 4.74 Å². The number of ether oxygens (including phenoxy) is 1. The van der Waals surface area contributed by atoms with Crippen molar-refractivity contribution in [1.29, 1.82) is 0 Å². The van der Waals surface area contributed by atoms with Crippen LogP contribution in [0.5, 0.6) is 0 Å². The van der Waals surface area contributed by atoms with Gasteiger partial charge in [-0.25, -0.2) is 14.8 Å².